The fraction of sp³-hybridized carbons (Fsp3) is 0.0500. The Bertz CT molecular complexity index is 1160. The van der Waals surface area contributed by atoms with E-state index in [1.54, 1.807) is 18.2 Å². The minimum atomic E-state index is -0.740. The van der Waals surface area contributed by atoms with Gasteiger partial charge in [-0.1, -0.05) is 18.2 Å². The monoisotopic (exact) mass is 379 g/mol. The molecule has 4 rings (SSSR count). The van der Waals surface area contributed by atoms with Gasteiger partial charge in [0, 0.05) is 5.39 Å². The molecule has 0 atom stereocenters. The third kappa shape index (κ3) is 3.61. The number of carbonyl (C=O) groups is 1. The number of aromatic hydroxyl groups is 1. The molecule has 0 saturated heterocycles. The van der Waals surface area contributed by atoms with E-state index >= 15 is 0 Å². The number of azo groups is 1. The van der Waals surface area contributed by atoms with E-state index in [1.807, 2.05) is 18.2 Å². The first-order valence-electron chi connectivity index (χ1n) is 8.33. The molecular formula is C20H14FN3O4. The number of carbonyl (C=O) groups excluding carboxylic acids is 1. The van der Waals surface area contributed by atoms with Gasteiger partial charge in [-0.3, -0.25) is 4.79 Å². The normalized spacial score (nSPS) is 11.3. The molecule has 0 spiro atoms. The fourth-order valence-corrected chi connectivity index (χ4v) is 2.62. The van der Waals surface area contributed by atoms with Crippen molar-refractivity contribution in [3.8, 4) is 11.6 Å². The van der Waals surface area contributed by atoms with E-state index in [-0.39, 0.29) is 23.9 Å². The van der Waals surface area contributed by atoms with Crippen LogP contribution in [0.4, 0.5) is 10.1 Å². The number of halogens is 1. The highest BCUT2D eigenvalue weighted by Gasteiger charge is 2.14. The molecule has 140 valence electrons. The zero-order valence-corrected chi connectivity index (χ0v) is 14.4. The Kier molecular flexibility index (Phi) is 4.59. The highest BCUT2D eigenvalue weighted by Crippen LogP contribution is 2.35. The van der Waals surface area contributed by atoms with Gasteiger partial charge < -0.3 is 19.2 Å². The summed E-state index contributed by atoms with van der Waals surface area (Å²) in [4.78, 5) is 14.8. The summed E-state index contributed by atoms with van der Waals surface area (Å²) >= 11 is 0. The van der Waals surface area contributed by atoms with Crippen molar-refractivity contribution in [2.45, 2.75) is 6.61 Å². The molecule has 0 radical (unpaired) electrons. The number of H-pyrrole nitrogens is 1. The van der Waals surface area contributed by atoms with Crippen molar-refractivity contribution in [1.82, 2.24) is 4.98 Å². The first kappa shape index (κ1) is 17.5. The number of nitrogens with one attached hydrogen (secondary N) is 1. The number of hydrogen-bond donors (Lipinski definition) is 2. The van der Waals surface area contributed by atoms with E-state index in [4.69, 9.17) is 9.15 Å². The lowest BCUT2D eigenvalue weighted by Crippen LogP contribution is -1.94. The maximum absolute atomic E-state index is 13.4. The van der Waals surface area contributed by atoms with Crippen LogP contribution in [-0.4, -0.2) is 16.0 Å². The second kappa shape index (κ2) is 7.36. The summed E-state index contributed by atoms with van der Waals surface area (Å²) in [5, 5.41) is 17.5. The molecule has 0 bridgehead atoms. The average molecular weight is 379 g/mol. The maximum atomic E-state index is 13.4. The second-order valence-electron chi connectivity index (χ2n) is 5.88. The van der Waals surface area contributed by atoms with Crippen LogP contribution in [0.3, 0.4) is 0 Å². The van der Waals surface area contributed by atoms with Gasteiger partial charge in [0.15, 0.2) is 11.4 Å². The summed E-state index contributed by atoms with van der Waals surface area (Å²) in [6.45, 7) is 0.150. The Balaban J connectivity index is 1.48. The number of aromatic amines is 1. The number of fused-ring (bicyclic) bond motifs is 1. The molecule has 0 fully saturated rings. The predicted molar refractivity (Wildman–Crippen MR) is 98.2 cm³/mol. The number of hydrogen-bond acceptors (Lipinski definition) is 5. The third-order valence-corrected chi connectivity index (χ3v) is 3.95. The number of rotatable bonds is 5. The molecular weight excluding hydrogens is 365 g/mol. The number of furan rings is 1. The molecule has 0 aliphatic rings. The molecule has 2 heterocycles. The van der Waals surface area contributed by atoms with E-state index in [9.17, 15) is 14.3 Å². The topological polar surface area (TPSA) is 100 Å². The van der Waals surface area contributed by atoms with Crippen molar-refractivity contribution >= 4 is 22.5 Å². The van der Waals surface area contributed by atoms with E-state index in [1.165, 1.54) is 24.3 Å². The largest absolute Gasteiger partial charge is 0.493 e. The Morgan fingerprint density at radius 2 is 1.96 bits per heavy atom. The summed E-state index contributed by atoms with van der Waals surface area (Å²) in [5.41, 5.74) is 0.445. The summed E-state index contributed by atoms with van der Waals surface area (Å²) in [5.74, 6) is -0.457. The Morgan fingerprint density at radius 3 is 2.79 bits per heavy atom. The Hall–Kier alpha value is -3.94. The standard InChI is InChI=1S/C20H14FN3O4/c21-12-6-8-16-15(10-12)18(20(26)22-16)23-24-19(25)17-9-7-14(28-17)11-27-13-4-2-1-3-5-13/h1-10,22,26H,11H2. The van der Waals surface area contributed by atoms with Crippen molar-refractivity contribution < 1.29 is 23.4 Å². The van der Waals surface area contributed by atoms with E-state index in [2.05, 4.69) is 15.2 Å². The number of benzene rings is 2. The van der Waals surface area contributed by atoms with Gasteiger partial charge in [0.25, 0.3) is 0 Å². The first-order valence-corrected chi connectivity index (χ1v) is 8.33. The van der Waals surface area contributed by atoms with Gasteiger partial charge in [-0.2, -0.15) is 0 Å². The zero-order chi connectivity index (χ0) is 19.5. The van der Waals surface area contributed by atoms with Gasteiger partial charge in [0.1, 0.15) is 23.9 Å². The molecule has 28 heavy (non-hydrogen) atoms. The van der Waals surface area contributed by atoms with Crippen molar-refractivity contribution in [3.05, 3.63) is 78.0 Å². The number of amides is 1. The Labute approximate surface area is 158 Å². The number of nitrogens with zero attached hydrogens (tertiary/aromatic N) is 2. The van der Waals surface area contributed by atoms with Crippen molar-refractivity contribution in [2.24, 2.45) is 10.2 Å². The molecule has 2 aromatic heterocycles. The van der Waals surface area contributed by atoms with Crippen LogP contribution in [0.15, 0.2) is 75.3 Å². The highest BCUT2D eigenvalue weighted by atomic mass is 19.1. The summed E-state index contributed by atoms with van der Waals surface area (Å²) in [6.07, 6.45) is 0. The fourth-order valence-electron chi connectivity index (χ4n) is 2.62. The van der Waals surface area contributed by atoms with Crippen LogP contribution < -0.4 is 4.74 Å². The zero-order valence-electron chi connectivity index (χ0n) is 14.4. The second-order valence-corrected chi connectivity index (χ2v) is 5.88. The van der Waals surface area contributed by atoms with Crippen LogP contribution in [0.1, 0.15) is 16.3 Å². The van der Waals surface area contributed by atoms with Gasteiger partial charge in [0.2, 0.25) is 5.88 Å². The molecule has 8 heteroatoms. The van der Waals surface area contributed by atoms with Gasteiger partial charge in [-0.15, -0.1) is 10.2 Å². The molecule has 0 unspecified atom stereocenters. The average Bonchev–Trinajstić information content (AvgIpc) is 3.29. The number of aromatic nitrogens is 1. The molecule has 2 aromatic carbocycles. The molecule has 0 aliphatic heterocycles. The third-order valence-electron chi connectivity index (χ3n) is 3.95. The van der Waals surface area contributed by atoms with Crippen LogP contribution in [0.25, 0.3) is 10.9 Å². The molecule has 4 aromatic rings. The number of ether oxygens (including phenoxy) is 1. The van der Waals surface area contributed by atoms with Gasteiger partial charge in [0.05, 0.1) is 5.52 Å². The van der Waals surface area contributed by atoms with Gasteiger partial charge in [-0.05, 0) is 42.5 Å². The molecule has 0 saturated carbocycles. The predicted octanol–water partition coefficient (Wildman–Crippen LogP) is 5.11. The van der Waals surface area contributed by atoms with E-state index in [0.717, 1.165) is 0 Å². The molecule has 2 N–H and O–H groups in total. The molecule has 7 nitrogen and oxygen atoms in total. The van der Waals surface area contributed by atoms with E-state index in [0.29, 0.717) is 22.4 Å². The minimum absolute atomic E-state index is 0.0259. The molecule has 1 amide bonds. The van der Waals surface area contributed by atoms with Crippen molar-refractivity contribution in [2.75, 3.05) is 0 Å². The quantitative estimate of drug-likeness (QED) is 0.471. The SMILES string of the molecule is O=C(N=Nc1c(O)[nH]c2ccc(F)cc12)c1ccc(COc2ccccc2)o1. The summed E-state index contributed by atoms with van der Waals surface area (Å²) < 4.78 is 24.4. The first-order chi connectivity index (χ1) is 13.6. The van der Waals surface area contributed by atoms with Crippen LogP contribution in [0, 0.1) is 5.82 Å². The van der Waals surface area contributed by atoms with Gasteiger partial charge in [-0.25, -0.2) is 4.39 Å². The Morgan fingerprint density at radius 1 is 1.14 bits per heavy atom. The van der Waals surface area contributed by atoms with Crippen molar-refractivity contribution in [3.63, 3.8) is 0 Å². The number of para-hydroxylation sites is 1. The van der Waals surface area contributed by atoms with Crippen LogP contribution >= 0.6 is 0 Å². The van der Waals surface area contributed by atoms with Crippen LogP contribution in [0.5, 0.6) is 11.6 Å². The highest BCUT2D eigenvalue weighted by molar-refractivity contribution is 5.95. The smallest absolute Gasteiger partial charge is 0.331 e. The van der Waals surface area contributed by atoms with Crippen molar-refractivity contribution in [1.29, 1.82) is 0 Å². The summed E-state index contributed by atoms with van der Waals surface area (Å²) in [6, 6.07) is 16.1. The van der Waals surface area contributed by atoms with Crippen LogP contribution in [0.2, 0.25) is 0 Å². The van der Waals surface area contributed by atoms with Crippen LogP contribution in [-0.2, 0) is 6.61 Å². The maximum Gasteiger partial charge on any atom is 0.331 e. The van der Waals surface area contributed by atoms with E-state index < -0.39 is 11.7 Å². The lowest BCUT2D eigenvalue weighted by molar-refractivity contribution is 0.0964. The van der Waals surface area contributed by atoms with Gasteiger partial charge >= 0.3 is 5.91 Å². The lowest BCUT2D eigenvalue weighted by atomic mass is 10.2. The minimum Gasteiger partial charge on any atom is -0.493 e. The molecule has 0 aliphatic carbocycles. The summed E-state index contributed by atoms with van der Waals surface area (Å²) in [7, 11) is 0. The lowest BCUT2D eigenvalue weighted by Gasteiger charge is -2.02.